The molecule has 3 aromatic rings. The number of nitrogens with zero attached hydrogens (tertiary/aromatic N) is 1. The number of esters is 1. The van der Waals surface area contributed by atoms with Crippen LogP contribution in [0.1, 0.15) is 41.5 Å². The van der Waals surface area contributed by atoms with Crippen LogP contribution in [-0.4, -0.2) is 29.8 Å². The van der Waals surface area contributed by atoms with Gasteiger partial charge in [-0.15, -0.1) is 13.2 Å². The van der Waals surface area contributed by atoms with Crippen LogP contribution in [0.15, 0.2) is 53.5 Å². The number of carbonyl (C=O) groups is 2. The van der Waals surface area contributed by atoms with Crippen molar-refractivity contribution in [1.82, 2.24) is 4.57 Å². The highest BCUT2D eigenvalue weighted by Gasteiger charge is 2.31. The number of halogens is 3. The zero-order chi connectivity index (χ0) is 23.3. The van der Waals surface area contributed by atoms with Crippen molar-refractivity contribution in [2.75, 3.05) is 7.11 Å². The Morgan fingerprint density at radius 1 is 0.968 bits per heavy atom. The molecule has 31 heavy (non-hydrogen) atoms. The van der Waals surface area contributed by atoms with Gasteiger partial charge >= 0.3 is 12.3 Å². The zero-order valence-corrected chi connectivity index (χ0v) is 17.2. The molecule has 0 amide bonds. The number of aromatic nitrogens is 1. The number of hydrogen-bond acceptors (Lipinski definition) is 5. The van der Waals surface area contributed by atoms with Crippen LogP contribution in [0.2, 0.25) is 0 Å². The van der Waals surface area contributed by atoms with Gasteiger partial charge in [-0.1, -0.05) is 26.0 Å². The molecule has 0 saturated heterocycles. The van der Waals surface area contributed by atoms with Gasteiger partial charge in [-0.05, 0) is 37.3 Å². The van der Waals surface area contributed by atoms with Crippen LogP contribution >= 0.6 is 0 Å². The van der Waals surface area contributed by atoms with Crippen molar-refractivity contribution in [3.8, 4) is 11.4 Å². The van der Waals surface area contributed by atoms with Crippen molar-refractivity contribution >= 4 is 22.7 Å². The monoisotopic (exact) mass is 435 g/mol. The summed E-state index contributed by atoms with van der Waals surface area (Å²) in [5, 5.41) is 0.0125. The molecule has 3 rings (SSSR count). The van der Waals surface area contributed by atoms with E-state index in [0.29, 0.717) is 11.2 Å². The maximum Gasteiger partial charge on any atom is 0.573 e. The van der Waals surface area contributed by atoms with Gasteiger partial charge < -0.3 is 14.0 Å². The van der Waals surface area contributed by atoms with Gasteiger partial charge in [-0.25, -0.2) is 4.79 Å². The molecule has 1 aromatic heterocycles. The number of benzene rings is 2. The smallest absolute Gasteiger partial charge is 0.465 e. The summed E-state index contributed by atoms with van der Waals surface area (Å²) in [6.45, 7) is 5.28. The van der Waals surface area contributed by atoms with Gasteiger partial charge in [0.05, 0.1) is 18.0 Å². The molecule has 0 unspecified atom stereocenters. The van der Waals surface area contributed by atoms with E-state index in [2.05, 4.69) is 9.47 Å². The molecule has 164 valence electrons. The van der Waals surface area contributed by atoms with Crippen LogP contribution in [-0.2, 0) is 4.74 Å². The highest BCUT2D eigenvalue weighted by Crippen LogP contribution is 2.26. The quantitative estimate of drug-likeness (QED) is 0.430. The predicted octanol–water partition coefficient (Wildman–Crippen LogP) is 4.90. The Hall–Kier alpha value is -3.62. The van der Waals surface area contributed by atoms with Gasteiger partial charge in [0.2, 0.25) is 5.43 Å². The number of rotatable bonds is 4. The Morgan fingerprint density at radius 2 is 1.58 bits per heavy atom. The van der Waals surface area contributed by atoms with Gasteiger partial charge in [-0.3, -0.25) is 9.59 Å². The molecule has 9 heteroatoms. The molecule has 2 aromatic carbocycles. The lowest BCUT2D eigenvalue weighted by Gasteiger charge is -2.15. The summed E-state index contributed by atoms with van der Waals surface area (Å²) in [6, 6.07) is 9.42. The third-order valence-corrected chi connectivity index (χ3v) is 4.16. The average Bonchev–Trinajstić information content (AvgIpc) is 2.74. The largest absolute Gasteiger partial charge is 0.573 e. The first-order valence-corrected chi connectivity index (χ1v) is 9.26. The van der Waals surface area contributed by atoms with Crippen molar-refractivity contribution in [2.24, 2.45) is 0 Å². The SMILES string of the molecule is CC.COC(=O)c1cn(-c2ccc(OC(F)(F)F)cc2)c2cccc(C(C)=O)c2c1=O. The normalized spacial score (nSPS) is 10.8. The van der Waals surface area contributed by atoms with Crippen LogP contribution in [0.5, 0.6) is 5.75 Å². The van der Waals surface area contributed by atoms with E-state index < -0.39 is 23.5 Å². The lowest BCUT2D eigenvalue weighted by atomic mass is 10.0. The summed E-state index contributed by atoms with van der Waals surface area (Å²) in [5.74, 6) is -1.71. The lowest BCUT2D eigenvalue weighted by Crippen LogP contribution is -2.21. The molecule has 0 aliphatic rings. The van der Waals surface area contributed by atoms with E-state index in [4.69, 9.17) is 0 Å². The summed E-state index contributed by atoms with van der Waals surface area (Å²) in [4.78, 5) is 36.9. The van der Waals surface area contributed by atoms with Gasteiger partial charge in [0.1, 0.15) is 11.3 Å². The second kappa shape index (κ2) is 9.46. The average molecular weight is 435 g/mol. The molecule has 0 spiro atoms. The minimum absolute atomic E-state index is 0.0125. The molecule has 0 radical (unpaired) electrons. The van der Waals surface area contributed by atoms with Gasteiger partial charge in [0.15, 0.2) is 5.78 Å². The third-order valence-electron chi connectivity index (χ3n) is 4.16. The molecular formula is C22H20F3NO5. The van der Waals surface area contributed by atoms with Crippen LogP contribution < -0.4 is 10.2 Å². The summed E-state index contributed by atoms with van der Waals surface area (Å²) >= 11 is 0. The molecule has 0 aliphatic carbocycles. The first kappa shape index (κ1) is 23.7. The van der Waals surface area contributed by atoms with Crippen molar-refractivity contribution in [3.05, 3.63) is 70.0 Å². The van der Waals surface area contributed by atoms with Crippen molar-refractivity contribution < 1.29 is 32.2 Å². The van der Waals surface area contributed by atoms with Crippen LogP contribution in [0.25, 0.3) is 16.6 Å². The predicted molar refractivity (Wildman–Crippen MR) is 109 cm³/mol. The van der Waals surface area contributed by atoms with E-state index in [0.717, 1.165) is 19.2 Å². The molecule has 0 fully saturated rings. The third kappa shape index (κ3) is 5.11. The number of fused-ring (bicyclic) bond motifs is 1. The fourth-order valence-electron chi connectivity index (χ4n) is 2.94. The zero-order valence-electron chi connectivity index (χ0n) is 17.2. The Balaban J connectivity index is 0.00000166. The van der Waals surface area contributed by atoms with E-state index in [9.17, 15) is 27.6 Å². The topological polar surface area (TPSA) is 74.6 Å². The molecule has 1 heterocycles. The molecule has 0 atom stereocenters. The first-order valence-electron chi connectivity index (χ1n) is 9.26. The molecular weight excluding hydrogens is 415 g/mol. The van der Waals surface area contributed by atoms with Crippen LogP contribution in [0, 0.1) is 0 Å². The Morgan fingerprint density at radius 3 is 2.10 bits per heavy atom. The highest BCUT2D eigenvalue weighted by atomic mass is 19.4. The molecule has 6 nitrogen and oxygen atoms in total. The maximum atomic E-state index is 12.8. The van der Waals surface area contributed by atoms with Gasteiger partial charge in [0, 0.05) is 17.4 Å². The number of hydrogen-bond donors (Lipinski definition) is 0. The van der Waals surface area contributed by atoms with E-state index >= 15 is 0 Å². The fraction of sp³-hybridized carbons (Fsp3) is 0.227. The lowest BCUT2D eigenvalue weighted by molar-refractivity contribution is -0.274. The van der Waals surface area contributed by atoms with E-state index in [1.807, 2.05) is 13.8 Å². The standard InChI is InChI=1S/C20H14F3NO5.C2H6/c1-11(25)14-4-3-5-16-17(14)18(26)15(19(27)28-2)10-24(16)12-6-8-13(9-7-12)29-20(21,22)23;1-2/h3-10H,1-2H3;1-2H3. The maximum absolute atomic E-state index is 12.8. The number of methoxy groups -OCH3 is 1. The molecule has 0 bridgehead atoms. The van der Waals surface area contributed by atoms with E-state index in [1.165, 1.54) is 35.9 Å². The Labute approximate surface area is 175 Å². The Bertz CT molecular complexity index is 1160. The van der Waals surface area contributed by atoms with Crippen molar-refractivity contribution in [3.63, 3.8) is 0 Å². The minimum Gasteiger partial charge on any atom is -0.465 e. The van der Waals surface area contributed by atoms with Crippen LogP contribution in [0.3, 0.4) is 0 Å². The number of ketones is 1. The number of pyridine rings is 1. The summed E-state index contributed by atoms with van der Waals surface area (Å²) in [6.07, 6.45) is -3.61. The highest BCUT2D eigenvalue weighted by molar-refractivity contribution is 6.08. The number of carbonyl (C=O) groups excluding carboxylic acids is 2. The second-order valence-electron chi connectivity index (χ2n) is 6.03. The van der Waals surface area contributed by atoms with Crippen molar-refractivity contribution in [2.45, 2.75) is 27.1 Å². The number of ether oxygens (including phenoxy) is 2. The number of Topliss-reactive ketones (excluding diaryl/α,β-unsaturated/α-hetero) is 1. The number of alkyl halides is 3. The molecule has 0 saturated carbocycles. The van der Waals surface area contributed by atoms with Crippen LogP contribution in [0.4, 0.5) is 13.2 Å². The summed E-state index contributed by atoms with van der Waals surface area (Å²) in [7, 11) is 1.11. The summed E-state index contributed by atoms with van der Waals surface area (Å²) < 4.78 is 47.0. The van der Waals surface area contributed by atoms with E-state index in [1.54, 1.807) is 12.1 Å². The second-order valence-corrected chi connectivity index (χ2v) is 6.03. The molecule has 0 aliphatic heterocycles. The Kier molecular flexibility index (Phi) is 7.22. The van der Waals surface area contributed by atoms with Gasteiger partial charge in [0.25, 0.3) is 0 Å². The van der Waals surface area contributed by atoms with E-state index in [-0.39, 0.29) is 22.3 Å². The van der Waals surface area contributed by atoms with Crippen molar-refractivity contribution in [1.29, 1.82) is 0 Å². The van der Waals surface area contributed by atoms with Gasteiger partial charge in [-0.2, -0.15) is 0 Å². The summed E-state index contributed by atoms with van der Waals surface area (Å²) in [5.41, 5.74) is -0.227. The minimum atomic E-state index is -4.83. The fourth-order valence-corrected chi connectivity index (χ4v) is 2.94. The molecule has 0 N–H and O–H groups in total. The first-order chi connectivity index (χ1) is 14.6.